The fraction of sp³-hybridized carbons (Fsp3) is 0.421. The molecule has 0 aromatic carbocycles. The molecule has 2 aromatic heterocycles. The molecule has 2 atom stereocenters. The van der Waals surface area contributed by atoms with Gasteiger partial charge in [0, 0.05) is 37.5 Å². The van der Waals surface area contributed by atoms with E-state index < -0.39 is 0 Å². The number of nitrogens with one attached hydrogen (secondary N) is 2. The molecular formula is C19H23FN4O2. The highest BCUT2D eigenvalue weighted by Gasteiger charge is 2.24. The number of carbonyl (C=O) groups excluding carboxylic acids is 1. The molecule has 0 saturated heterocycles. The molecule has 2 N–H and O–H groups in total. The smallest absolute Gasteiger partial charge is 0.315 e. The summed E-state index contributed by atoms with van der Waals surface area (Å²) >= 11 is 0. The molecule has 2 unspecified atom stereocenters. The molecule has 26 heavy (non-hydrogen) atoms. The largest absolute Gasteiger partial charge is 0.337 e. The van der Waals surface area contributed by atoms with Gasteiger partial charge in [-0.1, -0.05) is 6.92 Å². The van der Waals surface area contributed by atoms with Gasteiger partial charge in [0.15, 0.2) is 0 Å². The van der Waals surface area contributed by atoms with Crippen LogP contribution in [0.15, 0.2) is 35.3 Å². The Kier molecular flexibility index (Phi) is 5.35. The fourth-order valence-corrected chi connectivity index (χ4v) is 3.42. The minimum atomic E-state index is -0.371. The van der Waals surface area contributed by atoms with Gasteiger partial charge in [-0.3, -0.25) is 9.78 Å². The topological polar surface area (TPSA) is 76.0 Å². The summed E-state index contributed by atoms with van der Waals surface area (Å²) in [4.78, 5) is 28.1. The Labute approximate surface area is 151 Å². The third-order valence-corrected chi connectivity index (χ3v) is 4.88. The van der Waals surface area contributed by atoms with Crippen LogP contribution in [0.2, 0.25) is 0 Å². The maximum atomic E-state index is 13.8. The molecular weight excluding hydrogens is 335 g/mol. The number of fused-ring (bicyclic) bond motifs is 1. The molecule has 6 nitrogen and oxygen atoms in total. The minimum absolute atomic E-state index is 0.0416. The average Bonchev–Trinajstić information content (AvgIpc) is 2.63. The van der Waals surface area contributed by atoms with Crippen molar-refractivity contribution in [1.29, 1.82) is 0 Å². The van der Waals surface area contributed by atoms with Crippen molar-refractivity contribution in [3.05, 3.63) is 63.6 Å². The van der Waals surface area contributed by atoms with E-state index in [2.05, 4.69) is 15.6 Å². The predicted octanol–water partition coefficient (Wildman–Crippen LogP) is 2.40. The highest BCUT2D eigenvalue weighted by atomic mass is 19.1. The summed E-state index contributed by atoms with van der Waals surface area (Å²) in [6, 6.07) is 5.80. The van der Waals surface area contributed by atoms with Crippen LogP contribution in [0.1, 0.15) is 48.7 Å². The van der Waals surface area contributed by atoms with Crippen LogP contribution in [0.25, 0.3) is 0 Å². The fourth-order valence-electron chi connectivity index (χ4n) is 3.42. The molecule has 2 amide bonds. The molecule has 0 bridgehead atoms. The first-order valence-electron chi connectivity index (χ1n) is 8.81. The van der Waals surface area contributed by atoms with Gasteiger partial charge in [0.25, 0.3) is 0 Å². The van der Waals surface area contributed by atoms with Crippen molar-refractivity contribution >= 4 is 6.03 Å². The molecule has 1 aliphatic carbocycles. The summed E-state index contributed by atoms with van der Waals surface area (Å²) < 4.78 is 15.4. The zero-order valence-corrected chi connectivity index (χ0v) is 15.0. The van der Waals surface area contributed by atoms with Gasteiger partial charge in [-0.05, 0) is 43.0 Å². The number of hydrogen-bond acceptors (Lipinski definition) is 3. The van der Waals surface area contributed by atoms with Gasteiger partial charge >= 0.3 is 6.03 Å². The van der Waals surface area contributed by atoms with Crippen LogP contribution in [-0.2, 0) is 13.5 Å². The molecule has 138 valence electrons. The van der Waals surface area contributed by atoms with E-state index in [1.807, 2.05) is 6.92 Å². The van der Waals surface area contributed by atoms with Crippen LogP contribution in [-0.4, -0.2) is 22.1 Å². The zero-order chi connectivity index (χ0) is 18.7. The summed E-state index contributed by atoms with van der Waals surface area (Å²) in [5, 5.41) is 5.75. The zero-order valence-electron chi connectivity index (χ0n) is 15.0. The second-order valence-electron chi connectivity index (χ2n) is 6.70. The lowest BCUT2D eigenvalue weighted by Crippen LogP contribution is -2.41. The van der Waals surface area contributed by atoms with Gasteiger partial charge in [0.1, 0.15) is 5.82 Å². The van der Waals surface area contributed by atoms with E-state index in [1.54, 1.807) is 23.7 Å². The molecule has 3 rings (SSSR count). The Bertz CT molecular complexity index is 865. The summed E-state index contributed by atoms with van der Waals surface area (Å²) in [5.41, 5.74) is 2.25. The number of nitrogens with zero attached hydrogens (tertiary/aromatic N) is 2. The van der Waals surface area contributed by atoms with Gasteiger partial charge in [-0.15, -0.1) is 0 Å². The number of aromatic nitrogens is 2. The van der Waals surface area contributed by atoms with Crippen molar-refractivity contribution in [3.63, 3.8) is 0 Å². The van der Waals surface area contributed by atoms with Crippen molar-refractivity contribution < 1.29 is 9.18 Å². The van der Waals surface area contributed by atoms with Crippen molar-refractivity contribution in [2.75, 3.05) is 6.54 Å². The minimum Gasteiger partial charge on any atom is -0.337 e. The van der Waals surface area contributed by atoms with E-state index in [1.165, 1.54) is 18.3 Å². The quantitative estimate of drug-likeness (QED) is 0.881. The van der Waals surface area contributed by atoms with Crippen LogP contribution < -0.4 is 16.2 Å². The first-order valence-corrected chi connectivity index (χ1v) is 8.81. The number of amides is 2. The van der Waals surface area contributed by atoms with E-state index >= 15 is 0 Å². The lowest BCUT2D eigenvalue weighted by atomic mass is 9.91. The molecule has 2 heterocycles. The van der Waals surface area contributed by atoms with Crippen molar-refractivity contribution in [2.24, 2.45) is 7.05 Å². The Balaban J connectivity index is 1.62. The van der Waals surface area contributed by atoms with Crippen LogP contribution in [0.5, 0.6) is 0 Å². The normalized spacial score (nSPS) is 17.3. The highest BCUT2D eigenvalue weighted by Crippen LogP contribution is 2.28. The molecule has 0 aliphatic heterocycles. The van der Waals surface area contributed by atoms with E-state index in [4.69, 9.17) is 0 Å². The second-order valence-corrected chi connectivity index (χ2v) is 6.70. The monoisotopic (exact) mass is 358 g/mol. The number of halogens is 1. The second kappa shape index (κ2) is 7.68. The van der Waals surface area contributed by atoms with Gasteiger partial charge < -0.3 is 15.2 Å². The number of rotatable bonds is 4. The van der Waals surface area contributed by atoms with Gasteiger partial charge in [0.2, 0.25) is 5.56 Å². The first-order chi connectivity index (χ1) is 12.5. The summed E-state index contributed by atoms with van der Waals surface area (Å²) in [5.74, 6) is -0.606. The Morgan fingerprint density at radius 1 is 1.42 bits per heavy atom. The standard InChI is InChI=1S/C19H23FN4O2/c1-12(18-14(20)5-4-10-21-18)11-22-19(26)23-15-6-3-7-16-13(15)8-9-17(25)24(16)2/h4-5,8-10,12,15H,3,6-7,11H2,1-2H3,(H2,22,23,26). The van der Waals surface area contributed by atoms with E-state index in [0.717, 1.165) is 30.5 Å². The van der Waals surface area contributed by atoms with Crippen LogP contribution >= 0.6 is 0 Å². The molecule has 0 fully saturated rings. The third-order valence-electron chi connectivity index (χ3n) is 4.88. The average molecular weight is 358 g/mol. The number of hydrogen-bond donors (Lipinski definition) is 2. The SMILES string of the molecule is CC(CNC(=O)NC1CCCc2c1ccc(=O)n2C)c1ncccc1F. The molecule has 0 radical (unpaired) electrons. The van der Waals surface area contributed by atoms with Crippen molar-refractivity contribution in [2.45, 2.75) is 38.1 Å². The first kappa shape index (κ1) is 18.1. The predicted molar refractivity (Wildman–Crippen MR) is 96.5 cm³/mol. The lowest BCUT2D eigenvalue weighted by molar-refractivity contribution is 0.234. The Morgan fingerprint density at radius 2 is 2.23 bits per heavy atom. The number of urea groups is 1. The number of carbonyl (C=O) groups is 1. The molecule has 0 saturated carbocycles. The van der Waals surface area contributed by atoms with E-state index in [9.17, 15) is 14.0 Å². The maximum absolute atomic E-state index is 13.8. The maximum Gasteiger partial charge on any atom is 0.315 e. The van der Waals surface area contributed by atoms with Crippen LogP contribution in [0.3, 0.4) is 0 Å². The summed E-state index contributed by atoms with van der Waals surface area (Å²) in [6.45, 7) is 2.10. The number of pyridine rings is 2. The van der Waals surface area contributed by atoms with Crippen LogP contribution in [0, 0.1) is 5.82 Å². The molecule has 0 spiro atoms. The molecule has 2 aromatic rings. The Hall–Kier alpha value is -2.70. The van der Waals surface area contributed by atoms with Gasteiger partial charge in [0.05, 0.1) is 11.7 Å². The highest BCUT2D eigenvalue weighted by molar-refractivity contribution is 5.74. The van der Waals surface area contributed by atoms with Gasteiger partial charge in [-0.2, -0.15) is 0 Å². The third kappa shape index (κ3) is 3.76. The lowest BCUT2D eigenvalue weighted by Gasteiger charge is -2.28. The van der Waals surface area contributed by atoms with E-state index in [-0.39, 0.29) is 35.9 Å². The summed E-state index contributed by atoms with van der Waals surface area (Å²) in [7, 11) is 1.76. The van der Waals surface area contributed by atoms with Gasteiger partial charge in [-0.25, -0.2) is 9.18 Å². The van der Waals surface area contributed by atoms with Crippen LogP contribution in [0.4, 0.5) is 9.18 Å². The molecule has 7 heteroatoms. The van der Waals surface area contributed by atoms with E-state index in [0.29, 0.717) is 5.69 Å². The Morgan fingerprint density at radius 3 is 3.00 bits per heavy atom. The van der Waals surface area contributed by atoms with Crippen molar-refractivity contribution in [3.8, 4) is 0 Å². The summed E-state index contributed by atoms with van der Waals surface area (Å²) in [6.07, 6.45) is 4.10. The molecule has 1 aliphatic rings. The van der Waals surface area contributed by atoms with Crippen molar-refractivity contribution in [1.82, 2.24) is 20.2 Å².